The number of nitrogens with zero attached hydrogens (tertiary/aromatic N) is 3. The molecule has 0 aliphatic carbocycles. The van der Waals surface area contributed by atoms with Crippen molar-refractivity contribution in [2.45, 2.75) is 0 Å². The summed E-state index contributed by atoms with van der Waals surface area (Å²) in [5.41, 5.74) is 0.344. The van der Waals surface area contributed by atoms with Crippen LogP contribution >= 0.6 is 0 Å². The van der Waals surface area contributed by atoms with Gasteiger partial charge in [-0.15, -0.1) is 5.10 Å². The zero-order valence-electron chi connectivity index (χ0n) is 11.1. The molecule has 0 radical (unpaired) electrons. The quantitative estimate of drug-likeness (QED) is 0.920. The van der Waals surface area contributed by atoms with Crippen LogP contribution in [0.4, 0.5) is 10.3 Å². The van der Waals surface area contributed by atoms with Crippen molar-refractivity contribution in [3.05, 3.63) is 24.0 Å². The van der Waals surface area contributed by atoms with Crippen molar-refractivity contribution in [3.8, 4) is 17.1 Å². The highest BCUT2D eigenvalue weighted by Crippen LogP contribution is 2.27. The number of aromatic nitrogens is 3. The molecule has 0 unspecified atom stereocenters. The molecule has 0 bridgehead atoms. The number of hydrogen-bond donors (Lipinski definition) is 1. The van der Waals surface area contributed by atoms with Crippen LogP contribution in [0.5, 0.6) is 5.75 Å². The van der Waals surface area contributed by atoms with Crippen LogP contribution < -0.4 is 9.64 Å². The zero-order chi connectivity index (χ0) is 13.9. The number of H-pyrrole nitrogens is 1. The summed E-state index contributed by atoms with van der Waals surface area (Å²) in [4.78, 5) is 6.35. The highest BCUT2D eigenvalue weighted by molar-refractivity contribution is 5.60. The van der Waals surface area contributed by atoms with Gasteiger partial charge in [-0.2, -0.15) is 4.98 Å². The molecule has 0 atom stereocenters. The van der Waals surface area contributed by atoms with Crippen LogP contribution in [0.1, 0.15) is 0 Å². The fourth-order valence-electron chi connectivity index (χ4n) is 2.13. The van der Waals surface area contributed by atoms with E-state index in [0.29, 0.717) is 30.5 Å². The third-order valence-electron chi connectivity index (χ3n) is 3.21. The summed E-state index contributed by atoms with van der Waals surface area (Å²) < 4.78 is 24.4. The van der Waals surface area contributed by atoms with Gasteiger partial charge in [0.1, 0.15) is 0 Å². The Kier molecular flexibility index (Phi) is 3.51. The predicted molar refractivity (Wildman–Crippen MR) is 71.4 cm³/mol. The number of halogens is 1. The molecule has 1 fully saturated rings. The Morgan fingerprint density at radius 3 is 2.90 bits per heavy atom. The van der Waals surface area contributed by atoms with E-state index < -0.39 is 5.82 Å². The van der Waals surface area contributed by atoms with Crippen LogP contribution in [0.3, 0.4) is 0 Å². The number of ether oxygens (including phenoxy) is 2. The second kappa shape index (κ2) is 5.46. The van der Waals surface area contributed by atoms with Gasteiger partial charge in [-0.25, -0.2) is 4.39 Å². The van der Waals surface area contributed by atoms with Gasteiger partial charge in [0.05, 0.1) is 25.9 Å². The Bertz CT molecular complexity index is 596. The highest BCUT2D eigenvalue weighted by atomic mass is 19.1. The lowest BCUT2D eigenvalue weighted by atomic mass is 10.2. The number of rotatable bonds is 3. The van der Waals surface area contributed by atoms with Gasteiger partial charge in [-0.1, -0.05) is 6.07 Å². The molecule has 1 saturated heterocycles. The second-order valence-electron chi connectivity index (χ2n) is 4.41. The summed E-state index contributed by atoms with van der Waals surface area (Å²) in [6.45, 7) is 2.77. The van der Waals surface area contributed by atoms with Gasteiger partial charge in [-0.05, 0) is 12.1 Å². The van der Waals surface area contributed by atoms with Gasteiger partial charge < -0.3 is 14.4 Å². The molecular weight excluding hydrogens is 263 g/mol. The molecule has 0 saturated carbocycles. The molecule has 3 rings (SSSR count). The molecule has 1 aliphatic rings. The molecule has 1 N–H and O–H groups in total. The fourth-order valence-corrected chi connectivity index (χ4v) is 2.13. The lowest BCUT2D eigenvalue weighted by Gasteiger charge is -2.25. The van der Waals surface area contributed by atoms with Crippen LogP contribution in [0.15, 0.2) is 18.2 Å². The Morgan fingerprint density at radius 2 is 2.15 bits per heavy atom. The van der Waals surface area contributed by atoms with Crippen molar-refractivity contribution in [3.63, 3.8) is 0 Å². The van der Waals surface area contributed by atoms with Gasteiger partial charge in [0.2, 0.25) is 5.95 Å². The van der Waals surface area contributed by atoms with Crippen molar-refractivity contribution in [1.29, 1.82) is 0 Å². The van der Waals surface area contributed by atoms with E-state index >= 15 is 0 Å². The van der Waals surface area contributed by atoms with E-state index in [2.05, 4.69) is 15.2 Å². The molecule has 1 aromatic heterocycles. The molecule has 2 heterocycles. The molecule has 106 valence electrons. The lowest BCUT2D eigenvalue weighted by molar-refractivity contribution is 0.122. The normalized spacial score (nSPS) is 15.4. The Labute approximate surface area is 115 Å². The first-order chi connectivity index (χ1) is 9.79. The standard InChI is InChI=1S/C13H15FN4O2/c1-19-10-4-2-3-9(11(10)14)12-15-13(17-16-12)18-5-7-20-8-6-18/h2-4H,5-8H2,1H3,(H,15,16,17). The van der Waals surface area contributed by atoms with Gasteiger partial charge in [0, 0.05) is 13.1 Å². The third-order valence-corrected chi connectivity index (χ3v) is 3.21. The van der Waals surface area contributed by atoms with Crippen LogP contribution in [-0.4, -0.2) is 48.6 Å². The average Bonchev–Trinajstić information content (AvgIpc) is 2.98. The van der Waals surface area contributed by atoms with Crippen LogP contribution in [0.2, 0.25) is 0 Å². The first kappa shape index (κ1) is 12.9. The number of benzene rings is 1. The van der Waals surface area contributed by atoms with Gasteiger partial charge in [-0.3, -0.25) is 5.10 Å². The van der Waals surface area contributed by atoms with Gasteiger partial charge in [0.15, 0.2) is 17.4 Å². The molecule has 6 nitrogen and oxygen atoms in total. The fraction of sp³-hybridized carbons (Fsp3) is 0.385. The lowest BCUT2D eigenvalue weighted by Crippen LogP contribution is -2.36. The van der Waals surface area contributed by atoms with E-state index in [4.69, 9.17) is 9.47 Å². The number of hydrogen-bond acceptors (Lipinski definition) is 5. The van der Waals surface area contributed by atoms with Gasteiger partial charge in [0.25, 0.3) is 0 Å². The maximum absolute atomic E-state index is 14.2. The first-order valence-electron chi connectivity index (χ1n) is 6.37. The minimum atomic E-state index is -0.445. The smallest absolute Gasteiger partial charge is 0.245 e. The Balaban J connectivity index is 1.90. The van der Waals surface area contributed by atoms with Crippen molar-refractivity contribution in [1.82, 2.24) is 15.2 Å². The average molecular weight is 278 g/mol. The largest absolute Gasteiger partial charge is 0.494 e. The van der Waals surface area contributed by atoms with Crippen LogP contribution in [0, 0.1) is 5.82 Å². The van der Waals surface area contributed by atoms with E-state index in [-0.39, 0.29) is 5.75 Å². The van der Waals surface area contributed by atoms with Crippen molar-refractivity contribution < 1.29 is 13.9 Å². The molecule has 2 aromatic rings. The van der Waals surface area contributed by atoms with E-state index in [1.165, 1.54) is 7.11 Å². The van der Waals surface area contributed by atoms with Crippen LogP contribution in [-0.2, 0) is 4.74 Å². The van der Waals surface area contributed by atoms with E-state index in [9.17, 15) is 4.39 Å². The van der Waals surface area contributed by atoms with E-state index in [1.54, 1.807) is 18.2 Å². The van der Waals surface area contributed by atoms with Crippen molar-refractivity contribution >= 4 is 5.95 Å². The first-order valence-corrected chi connectivity index (χ1v) is 6.37. The summed E-state index contributed by atoms with van der Waals surface area (Å²) in [6, 6.07) is 4.92. The number of methoxy groups -OCH3 is 1. The Morgan fingerprint density at radius 1 is 1.35 bits per heavy atom. The van der Waals surface area contributed by atoms with E-state index in [0.717, 1.165) is 13.1 Å². The number of anilines is 1. The summed E-state index contributed by atoms with van der Waals surface area (Å²) in [5.74, 6) is 0.694. The molecule has 20 heavy (non-hydrogen) atoms. The number of aromatic amines is 1. The third kappa shape index (κ3) is 2.32. The second-order valence-corrected chi connectivity index (χ2v) is 4.41. The van der Waals surface area contributed by atoms with Crippen molar-refractivity contribution in [2.24, 2.45) is 0 Å². The molecule has 7 heteroatoms. The summed E-state index contributed by atoms with van der Waals surface area (Å²) in [6.07, 6.45) is 0. The number of morpholine rings is 1. The molecule has 0 amide bonds. The SMILES string of the molecule is COc1cccc(-c2nc(N3CCOCC3)n[nH]2)c1F. The molecule has 0 spiro atoms. The van der Waals surface area contributed by atoms with E-state index in [1.807, 2.05) is 4.90 Å². The maximum atomic E-state index is 14.2. The predicted octanol–water partition coefficient (Wildman–Crippen LogP) is 1.46. The topological polar surface area (TPSA) is 63.3 Å². The maximum Gasteiger partial charge on any atom is 0.245 e. The summed E-state index contributed by atoms with van der Waals surface area (Å²) in [7, 11) is 1.43. The zero-order valence-corrected chi connectivity index (χ0v) is 11.1. The highest BCUT2D eigenvalue weighted by Gasteiger charge is 2.18. The van der Waals surface area contributed by atoms with Crippen molar-refractivity contribution in [2.75, 3.05) is 38.3 Å². The van der Waals surface area contributed by atoms with Crippen LogP contribution in [0.25, 0.3) is 11.4 Å². The minimum absolute atomic E-state index is 0.187. The monoisotopic (exact) mass is 278 g/mol. The summed E-state index contributed by atoms with van der Waals surface area (Å²) >= 11 is 0. The molecule has 1 aromatic carbocycles. The Hall–Kier alpha value is -2.15. The molecule has 1 aliphatic heterocycles. The number of nitrogens with one attached hydrogen (secondary N) is 1. The minimum Gasteiger partial charge on any atom is -0.494 e. The molecular formula is C13H15FN4O2. The van der Waals surface area contributed by atoms with Gasteiger partial charge >= 0.3 is 0 Å². The summed E-state index contributed by atoms with van der Waals surface area (Å²) in [5, 5.41) is 6.91.